The summed E-state index contributed by atoms with van der Waals surface area (Å²) in [4.78, 5) is 16.4. The normalized spacial score (nSPS) is 23.4. The van der Waals surface area contributed by atoms with E-state index in [-0.39, 0.29) is 17.7 Å². The predicted molar refractivity (Wildman–Crippen MR) is 88.4 cm³/mol. The smallest absolute Gasteiger partial charge is 0.229 e. The molecule has 1 aliphatic rings. The van der Waals surface area contributed by atoms with Crippen LogP contribution < -0.4 is 5.32 Å². The van der Waals surface area contributed by atoms with Gasteiger partial charge in [-0.1, -0.05) is 29.4 Å². The summed E-state index contributed by atoms with van der Waals surface area (Å²) in [6, 6.07) is 7.87. The van der Waals surface area contributed by atoms with Gasteiger partial charge in [0, 0.05) is 18.4 Å². The molecule has 1 aliphatic carbocycles. The SMILES string of the molecule is Cc1noc([C@H]2C[C@H](CNC(=O)Cc3ccccc3C)[C@H](O)C2)n1. The van der Waals surface area contributed by atoms with Gasteiger partial charge in [-0.3, -0.25) is 4.79 Å². The van der Waals surface area contributed by atoms with Crippen LogP contribution in [-0.2, 0) is 11.2 Å². The number of nitrogens with one attached hydrogen (secondary N) is 1. The van der Waals surface area contributed by atoms with Crippen LogP contribution in [0.1, 0.15) is 41.6 Å². The number of carbonyl (C=O) groups excluding carboxylic acids is 1. The van der Waals surface area contributed by atoms with Crippen LogP contribution in [0, 0.1) is 19.8 Å². The van der Waals surface area contributed by atoms with E-state index in [4.69, 9.17) is 4.52 Å². The summed E-state index contributed by atoms with van der Waals surface area (Å²) < 4.78 is 5.20. The van der Waals surface area contributed by atoms with Gasteiger partial charge in [0.15, 0.2) is 5.82 Å². The van der Waals surface area contributed by atoms with Crippen molar-refractivity contribution in [2.75, 3.05) is 6.54 Å². The third-order valence-electron chi connectivity index (χ3n) is 4.72. The maximum absolute atomic E-state index is 12.1. The molecule has 2 aromatic rings. The molecule has 0 radical (unpaired) electrons. The Kier molecular flexibility index (Phi) is 4.94. The maximum Gasteiger partial charge on any atom is 0.229 e. The largest absolute Gasteiger partial charge is 0.393 e. The average Bonchev–Trinajstić information content (AvgIpc) is 3.13. The van der Waals surface area contributed by atoms with Crippen molar-refractivity contribution >= 4 is 5.91 Å². The zero-order valence-electron chi connectivity index (χ0n) is 14.0. The number of carbonyl (C=O) groups is 1. The lowest BCUT2D eigenvalue weighted by Crippen LogP contribution is -2.33. The van der Waals surface area contributed by atoms with Crippen molar-refractivity contribution in [2.45, 2.75) is 45.1 Å². The van der Waals surface area contributed by atoms with E-state index in [9.17, 15) is 9.90 Å². The van der Waals surface area contributed by atoms with Crippen LogP contribution >= 0.6 is 0 Å². The Labute approximate surface area is 141 Å². The number of aliphatic hydroxyl groups is 1. The number of benzene rings is 1. The van der Waals surface area contributed by atoms with Crippen LogP contribution in [0.3, 0.4) is 0 Å². The molecule has 1 fully saturated rings. The Morgan fingerprint density at radius 1 is 1.33 bits per heavy atom. The fraction of sp³-hybridized carbons (Fsp3) is 0.500. The van der Waals surface area contributed by atoms with E-state index in [1.165, 1.54) is 0 Å². The zero-order valence-corrected chi connectivity index (χ0v) is 14.0. The number of hydrogen-bond acceptors (Lipinski definition) is 5. The van der Waals surface area contributed by atoms with Crippen molar-refractivity contribution in [2.24, 2.45) is 5.92 Å². The lowest BCUT2D eigenvalue weighted by Gasteiger charge is -2.15. The average molecular weight is 329 g/mol. The van der Waals surface area contributed by atoms with Gasteiger partial charge in [-0.25, -0.2) is 0 Å². The lowest BCUT2D eigenvalue weighted by molar-refractivity contribution is -0.120. The van der Waals surface area contributed by atoms with Gasteiger partial charge in [-0.2, -0.15) is 4.98 Å². The van der Waals surface area contributed by atoms with Gasteiger partial charge in [0.2, 0.25) is 11.8 Å². The summed E-state index contributed by atoms with van der Waals surface area (Å²) in [6.45, 7) is 4.25. The highest BCUT2D eigenvalue weighted by molar-refractivity contribution is 5.78. The van der Waals surface area contributed by atoms with E-state index in [2.05, 4.69) is 15.5 Å². The number of amides is 1. The first-order valence-corrected chi connectivity index (χ1v) is 8.32. The summed E-state index contributed by atoms with van der Waals surface area (Å²) in [5.41, 5.74) is 2.14. The number of hydrogen-bond donors (Lipinski definition) is 2. The number of nitrogens with zero attached hydrogens (tertiary/aromatic N) is 2. The van der Waals surface area contributed by atoms with E-state index >= 15 is 0 Å². The van der Waals surface area contributed by atoms with Gasteiger partial charge in [0.1, 0.15) is 0 Å². The summed E-state index contributed by atoms with van der Waals surface area (Å²) in [5, 5.41) is 17.0. The molecule has 1 aromatic heterocycles. The molecular formula is C18H23N3O3. The molecule has 2 N–H and O–H groups in total. The number of rotatable bonds is 5. The van der Waals surface area contributed by atoms with E-state index in [0.29, 0.717) is 31.1 Å². The van der Waals surface area contributed by atoms with Crippen molar-refractivity contribution in [1.29, 1.82) is 0 Å². The fourth-order valence-electron chi connectivity index (χ4n) is 3.29. The third-order valence-corrected chi connectivity index (χ3v) is 4.72. The molecule has 1 saturated carbocycles. The summed E-state index contributed by atoms with van der Waals surface area (Å²) >= 11 is 0. The third kappa shape index (κ3) is 3.82. The molecule has 3 atom stereocenters. The zero-order chi connectivity index (χ0) is 17.1. The quantitative estimate of drug-likeness (QED) is 0.875. The molecular weight excluding hydrogens is 306 g/mol. The van der Waals surface area contributed by atoms with Crippen molar-refractivity contribution in [3.05, 3.63) is 47.1 Å². The van der Waals surface area contributed by atoms with Crippen LogP contribution in [0.5, 0.6) is 0 Å². The van der Waals surface area contributed by atoms with Crippen LogP contribution in [-0.4, -0.2) is 33.8 Å². The van der Waals surface area contributed by atoms with Gasteiger partial charge < -0.3 is 14.9 Å². The van der Waals surface area contributed by atoms with E-state index in [1.807, 2.05) is 31.2 Å². The minimum atomic E-state index is -0.457. The molecule has 1 heterocycles. The Balaban J connectivity index is 1.51. The summed E-state index contributed by atoms with van der Waals surface area (Å²) in [7, 11) is 0. The van der Waals surface area contributed by atoms with Gasteiger partial charge in [0.05, 0.1) is 12.5 Å². The maximum atomic E-state index is 12.1. The Hall–Kier alpha value is -2.21. The lowest BCUT2D eigenvalue weighted by atomic mass is 10.0. The fourth-order valence-corrected chi connectivity index (χ4v) is 3.29. The number of aliphatic hydroxyl groups excluding tert-OH is 1. The Morgan fingerprint density at radius 2 is 2.12 bits per heavy atom. The van der Waals surface area contributed by atoms with Gasteiger partial charge >= 0.3 is 0 Å². The Morgan fingerprint density at radius 3 is 2.83 bits per heavy atom. The highest BCUT2D eigenvalue weighted by atomic mass is 16.5. The predicted octanol–water partition coefficient (Wildman–Crippen LogP) is 1.90. The molecule has 128 valence electrons. The second-order valence-electron chi connectivity index (χ2n) is 6.58. The number of aromatic nitrogens is 2. The minimum absolute atomic E-state index is 0.0167. The van der Waals surface area contributed by atoms with Crippen molar-refractivity contribution in [1.82, 2.24) is 15.5 Å². The van der Waals surface area contributed by atoms with E-state index in [1.54, 1.807) is 6.92 Å². The molecule has 6 heteroatoms. The highest BCUT2D eigenvalue weighted by Gasteiger charge is 2.36. The highest BCUT2D eigenvalue weighted by Crippen LogP contribution is 2.37. The molecule has 0 bridgehead atoms. The van der Waals surface area contributed by atoms with Crippen LogP contribution in [0.15, 0.2) is 28.8 Å². The van der Waals surface area contributed by atoms with Crippen molar-refractivity contribution in [3.63, 3.8) is 0 Å². The molecule has 6 nitrogen and oxygen atoms in total. The van der Waals surface area contributed by atoms with Crippen LogP contribution in [0.4, 0.5) is 0 Å². The first-order chi connectivity index (χ1) is 11.5. The first kappa shape index (κ1) is 16.6. The molecule has 0 unspecified atom stereocenters. The molecule has 3 rings (SSSR count). The second-order valence-corrected chi connectivity index (χ2v) is 6.58. The molecule has 0 spiro atoms. The molecule has 0 aliphatic heterocycles. The van der Waals surface area contributed by atoms with Crippen molar-refractivity contribution < 1.29 is 14.4 Å². The van der Waals surface area contributed by atoms with Crippen LogP contribution in [0.2, 0.25) is 0 Å². The van der Waals surface area contributed by atoms with Crippen LogP contribution in [0.25, 0.3) is 0 Å². The van der Waals surface area contributed by atoms with E-state index < -0.39 is 6.10 Å². The molecule has 1 aromatic carbocycles. The molecule has 0 saturated heterocycles. The van der Waals surface area contributed by atoms with Gasteiger partial charge in [0.25, 0.3) is 0 Å². The second kappa shape index (κ2) is 7.13. The first-order valence-electron chi connectivity index (χ1n) is 8.32. The van der Waals surface area contributed by atoms with Gasteiger partial charge in [-0.15, -0.1) is 0 Å². The topological polar surface area (TPSA) is 88.2 Å². The molecule has 1 amide bonds. The standard InChI is InChI=1S/C18H23N3O3/c1-11-5-3-4-6-13(11)9-17(23)19-10-15-7-14(8-16(15)22)18-20-12(2)21-24-18/h3-6,14-16,22H,7-10H2,1-2H3,(H,19,23)/t14-,15+,16+/m0/s1. The number of aryl methyl sites for hydroxylation is 2. The Bertz CT molecular complexity index is 713. The summed E-state index contributed by atoms with van der Waals surface area (Å²) in [6.07, 6.45) is 1.25. The van der Waals surface area contributed by atoms with E-state index in [0.717, 1.165) is 17.5 Å². The minimum Gasteiger partial charge on any atom is -0.393 e. The summed E-state index contributed by atoms with van der Waals surface area (Å²) in [5.74, 6) is 1.26. The van der Waals surface area contributed by atoms with Crippen molar-refractivity contribution in [3.8, 4) is 0 Å². The monoisotopic (exact) mass is 329 g/mol. The van der Waals surface area contributed by atoms with Gasteiger partial charge in [-0.05, 0) is 37.8 Å². The molecule has 24 heavy (non-hydrogen) atoms.